The number of carboxylic acid groups (broad SMARTS) is 1. The molecule has 0 aliphatic carbocycles. The van der Waals surface area contributed by atoms with Crippen LogP contribution in [-0.2, 0) is 23.9 Å². The summed E-state index contributed by atoms with van der Waals surface area (Å²) in [4.78, 5) is 20.1. The zero-order valence-electron chi connectivity index (χ0n) is 12.0. The lowest BCUT2D eigenvalue weighted by atomic mass is 10.0. The number of carbonyl (C=O) groups is 1. The molecule has 1 aromatic carbocycles. The van der Waals surface area contributed by atoms with Crippen LogP contribution in [0.15, 0.2) is 30.6 Å². The number of benzene rings is 1. The SMILES string of the molecule is O=C(O)[C@@H]1c2nc[nH]c2CCN1Cc1cccc(C(F)(F)F)c1. The Morgan fingerprint density at radius 3 is 2.91 bits per heavy atom. The van der Waals surface area contributed by atoms with E-state index >= 15 is 0 Å². The van der Waals surface area contributed by atoms with E-state index in [1.54, 1.807) is 11.0 Å². The number of aromatic amines is 1. The van der Waals surface area contributed by atoms with Crippen LogP contribution in [0.2, 0.25) is 0 Å². The van der Waals surface area contributed by atoms with Crippen molar-refractivity contribution in [2.24, 2.45) is 0 Å². The Kier molecular flexibility index (Phi) is 3.85. The Bertz CT molecular complexity index is 727. The maximum atomic E-state index is 12.8. The highest BCUT2D eigenvalue weighted by molar-refractivity contribution is 5.75. The number of hydrogen-bond acceptors (Lipinski definition) is 3. The molecule has 1 atom stereocenters. The second-order valence-electron chi connectivity index (χ2n) is 5.43. The lowest BCUT2D eigenvalue weighted by Gasteiger charge is -2.32. The zero-order valence-corrected chi connectivity index (χ0v) is 12.0. The molecular weight excluding hydrogens is 311 g/mol. The molecule has 0 bridgehead atoms. The van der Waals surface area contributed by atoms with Crippen LogP contribution in [0.1, 0.15) is 28.6 Å². The van der Waals surface area contributed by atoms with Crippen LogP contribution in [-0.4, -0.2) is 32.5 Å². The standard InChI is InChI=1S/C15H14F3N3O2/c16-15(17,18)10-3-1-2-9(6-10)7-21-5-4-11-12(20-8-19-11)13(21)14(22)23/h1-3,6,8,13H,4-5,7H2,(H,19,20)(H,22,23)/t13-/m0/s1. The van der Waals surface area contributed by atoms with Gasteiger partial charge in [0.2, 0.25) is 0 Å². The second-order valence-corrected chi connectivity index (χ2v) is 5.43. The minimum atomic E-state index is -4.42. The molecule has 3 rings (SSSR count). The number of aliphatic carboxylic acids is 1. The summed E-state index contributed by atoms with van der Waals surface area (Å²) in [6, 6.07) is 3.99. The van der Waals surface area contributed by atoms with E-state index in [2.05, 4.69) is 9.97 Å². The summed E-state index contributed by atoms with van der Waals surface area (Å²) < 4.78 is 38.4. The van der Waals surface area contributed by atoms with Gasteiger partial charge < -0.3 is 10.1 Å². The predicted molar refractivity (Wildman–Crippen MR) is 74.5 cm³/mol. The van der Waals surface area contributed by atoms with E-state index in [9.17, 15) is 23.1 Å². The van der Waals surface area contributed by atoms with Crippen molar-refractivity contribution in [3.63, 3.8) is 0 Å². The van der Waals surface area contributed by atoms with Crippen LogP contribution in [0.25, 0.3) is 0 Å². The first kappa shape index (κ1) is 15.5. The molecule has 2 aromatic rings. The van der Waals surface area contributed by atoms with Crippen molar-refractivity contribution in [3.05, 3.63) is 53.1 Å². The monoisotopic (exact) mass is 325 g/mol. The molecule has 2 heterocycles. The lowest BCUT2D eigenvalue weighted by molar-refractivity contribution is -0.144. The Hall–Kier alpha value is -2.35. The van der Waals surface area contributed by atoms with Gasteiger partial charge in [0.05, 0.1) is 17.6 Å². The van der Waals surface area contributed by atoms with Crippen molar-refractivity contribution in [1.29, 1.82) is 0 Å². The van der Waals surface area contributed by atoms with Crippen LogP contribution < -0.4 is 0 Å². The molecule has 0 fully saturated rings. The predicted octanol–water partition coefficient (Wildman–Crippen LogP) is 2.61. The van der Waals surface area contributed by atoms with Gasteiger partial charge in [-0.1, -0.05) is 18.2 Å². The molecule has 2 N–H and O–H groups in total. The molecule has 0 saturated carbocycles. The van der Waals surface area contributed by atoms with E-state index < -0.39 is 23.8 Å². The molecule has 1 aliphatic rings. The molecule has 1 aliphatic heterocycles. The first-order valence-corrected chi connectivity index (χ1v) is 7.01. The van der Waals surface area contributed by atoms with Crippen molar-refractivity contribution in [2.45, 2.75) is 25.2 Å². The van der Waals surface area contributed by atoms with E-state index in [1.165, 1.54) is 12.4 Å². The van der Waals surface area contributed by atoms with Gasteiger partial charge in [-0.25, -0.2) is 4.98 Å². The fraction of sp³-hybridized carbons (Fsp3) is 0.333. The van der Waals surface area contributed by atoms with E-state index in [-0.39, 0.29) is 6.54 Å². The van der Waals surface area contributed by atoms with Gasteiger partial charge in [-0.3, -0.25) is 9.69 Å². The molecule has 0 radical (unpaired) electrons. The van der Waals surface area contributed by atoms with Gasteiger partial charge in [0, 0.05) is 25.2 Å². The first-order valence-electron chi connectivity index (χ1n) is 7.01. The van der Waals surface area contributed by atoms with E-state index in [0.717, 1.165) is 17.8 Å². The largest absolute Gasteiger partial charge is 0.480 e. The van der Waals surface area contributed by atoms with Crippen LogP contribution in [0, 0.1) is 0 Å². The number of imidazole rings is 1. The van der Waals surface area contributed by atoms with E-state index in [1.807, 2.05) is 0 Å². The number of rotatable bonds is 3. The average molecular weight is 325 g/mol. The molecule has 1 aromatic heterocycles. The van der Waals surface area contributed by atoms with Gasteiger partial charge in [0.25, 0.3) is 0 Å². The lowest BCUT2D eigenvalue weighted by Crippen LogP contribution is -2.39. The third-order valence-electron chi connectivity index (χ3n) is 3.90. The fourth-order valence-corrected chi connectivity index (χ4v) is 2.85. The Labute approximate surface area is 129 Å². The van der Waals surface area contributed by atoms with Crippen LogP contribution in [0.3, 0.4) is 0 Å². The van der Waals surface area contributed by atoms with Gasteiger partial charge in [0.15, 0.2) is 6.04 Å². The highest BCUT2D eigenvalue weighted by Gasteiger charge is 2.35. The van der Waals surface area contributed by atoms with Gasteiger partial charge >= 0.3 is 12.1 Å². The highest BCUT2D eigenvalue weighted by atomic mass is 19.4. The summed E-state index contributed by atoms with van der Waals surface area (Å²) in [5.74, 6) is -1.06. The summed E-state index contributed by atoms with van der Waals surface area (Å²) in [5.41, 5.74) is 0.873. The number of halogens is 3. The van der Waals surface area contributed by atoms with Crippen LogP contribution >= 0.6 is 0 Å². The van der Waals surface area contributed by atoms with E-state index in [4.69, 9.17) is 0 Å². The number of hydrogen-bond donors (Lipinski definition) is 2. The quantitative estimate of drug-likeness (QED) is 0.910. The van der Waals surface area contributed by atoms with E-state index in [0.29, 0.717) is 24.2 Å². The molecule has 8 heteroatoms. The molecule has 5 nitrogen and oxygen atoms in total. The number of aromatic nitrogens is 2. The number of carboxylic acids is 1. The van der Waals surface area contributed by atoms with Gasteiger partial charge in [-0.2, -0.15) is 13.2 Å². The summed E-state index contributed by atoms with van der Waals surface area (Å²) in [7, 11) is 0. The minimum absolute atomic E-state index is 0.118. The molecule has 0 amide bonds. The summed E-state index contributed by atoms with van der Waals surface area (Å²) >= 11 is 0. The number of alkyl halides is 3. The smallest absolute Gasteiger partial charge is 0.416 e. The molecule has 0 spiro atoms. The van der Waals surface area contributed by atoms with Crippen LogP contribution in [0.5, 0.6) is 0 Å². The van der Waals surface area contributed by atoms with Gasteiger partial charge in [0.1, 0.15) is 0 Å². The van der Waals surface area contributed by atoms with Crippen LogP contribution in [0.4, 0.5) is 13.2 Å². The second kappa shape index (κ2) is 5.69. The number of nitrogens with zero attached hydrogens (tertiary/aromatic N) is 2. The topological polar surface area (TPSA) is 69.2 Å². The highest BCUT2D eigenvalue weighted by Crippen LogP contribution is 2.32. The van der Waals surface area contributed by atoms with Gasteiger partial charge in [-0.15, -0.1) is 0 Å². The average Bonchev–Trinajstić information content (AvgIpc) is 2.94. The van der Waals surface area contributed by atoms with Gasteiger partial charge in [-0.05, 0) is 11.6 Å². The molecule has 0 unspecified atom stereocenters. The fourth-order valence-electron chi connectivity index (χ4n) is 2.85. The minimum Gasteiger partial charge on any atom is -0.480 e. The Balaban J connectivity index is 1.87. The Morgan fingerprint density at radius 2 is 2.22 bits per heavy atom. The maximum Gasteiger partial charge on any atom is 0.416 e. The molecular formula is C15H14F3N3O2. The molecule has 0 saturated heterocycles. The third-order valence-corrected chi connectivity index (χ3v) is 3.90. The van der Waals surface area contributed by atoms with Crippen molar-refractivity contribution in [2.75, 3.05) is 6.54 Å². The molecule has 23 heavy (non-hydrogen) atoms. The number of nitrogens with one attached hydrogen (secondary N) is 1. The zero-order chi connectivity index (χ0) is 16.6. The molecule has 122 valence electrons. The summed E-state index contributed by atoms with van der Waals surface area (Å²) in [5, 5.41) is 9.46. The number of fused-ring (bicyclic) bond motifs is 1. The number of H-pyrrole nitrogens is 1. The maximum absolute atomic E-state index is 12.8. The summed E-state index contributed by atoms with van der Waals surface area (Å²) in [6.45, 7) is 0.551. The first-order chi connectivity index (χ1) is 10.9. The third kappa shape index (κ3) is 3.07. The van der Waals surface area contributed by atoms with Crippen molar-refractivity contribution >= 4 is 5.97 Å². The normalized spacial score (nSPS) is 18.7. The van der Waals surface area contributed by atoms with Crippen molar-refractivity contribution < 1.29 is 23.1 Å². The Morgan fingerprint density at radius 1 is 1.43 bits per heavy atom. The van der Waals surface area contributed by atoms with Crippen molar-refractivity contribution in [1.82, 2.24) is 14.9 Å². The summed E-state index contributed by atoms with van der Waals surface area (Å²) in [6.07, 6.45) is -2.40. The van der Waals surface area contributed by atoms with Crippen molar-refractivity contribution in [3.8, 4) is 0 Å².